The van der Waals surface area contributed by atoms with Gasteiger partial charge in [0.1, 0.15) is 0 Å². The number of carbonyl (C=O) groups excluding carboxylic acids is 1. The summed E-state index contributed by atoms with van der Waals surface area (Å²) < 4.78 is 0. The van der Waals surface area contributed by atoms with Gasteiger partial charge in [-0.3, -0.25) is 14.9 Å². The number of hydrogen-bond donors (Lipinski definition) is 3. The molecule has 5 nitrogen and oxygen atoms in total. The average molecular weight is 375 g/mol. The van der Waals surface area contributed by atoms with Gasteiger partial charge in [-0.1, -0.05) is 36.4 Å². The van der Waals surface area contributed by atoms with Crippen LogP contribution in [0.15, 0.2) is 54.7 Å². The normalized spacial score (nSPS) is 16.2. The molecule has 0 fully saturated rings. The third-order valence-electron chi connectivity index (χ3n) is 5.69. The summed E-state index contributed by atoms with van der Waals surface area (Å²) in [6.45, 7) is 1.00. The molecule has 1 atom stereocenters. The van der Waals surface area contributed by atoms with E-state index in [1.165, 1.54) is 33.7 Å². The third-order valence-corrected chi connectivity index (χ3v) is 5.69. The van der Waals surface area contributed by atoms with Gasteiger partial charge in [0, 0.05) is 35.8 Å². The predicted octanol–water partition coefficient (Wildman–Crippen LogP) is 3.85. The molecule has 1 heterocycles. The van der Waals surface area contributed by atoms with E-state index in [1.54, 1.807) is 11.6 Å². The largest absolute Gasteiger partial charge is 0.361 e. The third kappa shape index (κ3) is 3.72. The Bertz CT molecular complexity index is 1020. The maximum Gasteiger partial charge on any atom is 0.267 e. The highest BCUT2D eigenvalue weighted by Gasteiger charge is 2.25. The van der Waals surface area contributed by atoms with Crippen molar-refractivity contribution in [3.8, 4) is 0 Å². The molecular formula is C23H25N3O2. The molecule has 3 aromatic rings. The van der Waals surface area contributed by atoms with Gasteiger partial charge >= 0.3 is 0 Å². The fourth-order valence-electron chi connectivity index (χ4n) is 4.18. The lowest BCUT2D eigenvalue weighted by Crippen LogP contribution is -2.25. The van der Waals surface area contributed by atoms with Gasteiger partial charge in [-0.15, -0.1) is 0 Å². The van der Waals surface area contributed by atoms with Gasteiger partial charge in [-0.25, -0.2) is 5.48 Å². The Morgan fingerprint density at radius 1 is 1.32 bits per heavy atom. The summed E-state index contributed by atoms with van der Waals surface area (Å²) in [5.41, 5.74) is 7.87. The zero-order valence-electron chi connectivity index (χ0n) is 16.0. The van der Waals surface area contributed by atoms with Crippen LogP contribution in [0.5, 0.6) is 0 Å². The number of H-pyrrole nitrogens is 1. The monoisotopic (exact) mass is 375 g/mol. The van der Waals surface area contributed by atoms with E-state index in [0.29, 0.717) is 6.04 Å². The van der Waals surface area contributed by atoms with Crippen molar-refractivity contribution in [1.29, 1.82) is 0 Å². The maximum absolute atomic E-state index is 11.2. The fourth-order valence-corrected chi connectivity index (χ4v) is 4.18. The second-order valence-electron chi connectivity index (χ2n) is 7.41. The highest BCUT2D eigenvalue weighted by Crippen LogP contribution is 2.36. The average Bonchev–Trinajstić information content (AvgIpc) is 3.34. The number of hydroxylamine groups is 1. The van der Waals surface area contributed by atoms with Crippen LogP contribution >= 0.6 is 0 Å². The van der Waals surface area contributed by atoms with Crippen LogP contribution < -0.4 is 5.48 Å². The van der Waals surface area contributed by atoms with Crippen LogP contribution in [0.2, 0.25) is 0 Å². The number of nitrogens with zero attached hydrogens (tertiary/aromatic N) is 1. The Labute approximate surface area is 164 Å². The van der Waals surface area contributed by atoms with Crippen molar-refractivity contribution in [2.24, 2.45) is 0 Å². The molecule has 1 unspecified atom stereocenters. The van der Waals surface area contributed by atoms with Crippen molar-refractivity contribution in [1.82, 2.24) is 15.4 Å². The molecule has 4 rings (SSSR count). The van der Waals surface area contributed by atoms with Gasteiger partial charge < -0.3 is 4.98 Å². The van der Waals surface area contributed by atoms with Crippen molar-refractivity contribution < 1.29 is 10.0 Å². The molecule has 5 heteroatoms. The number of hydrogen-bond acceptors (Lipinski definition) is 3. The molecule has 1 aliphatic rings. The Hall–Kier alpha value is -2.89. The van der Waals surface area contributed by atoms with Gasteiger partial charge in [0.25, 0.3) is 5.91 Å². The van der Waals surface area contributed by atoms with E-state index in [9.17, 15) is 4.79 Å². The molecule has 1 aromatic heterocycles. The Kier molecular flexibility index (Phi) is 5.28. The second-order valence-corrected chi connectivity index (χ2v) is 7.41. The molecule has 0 spiro atoms. The van der Waals surface area contributed by atoms with Gasteiger partial charge in [0.05, 0.1) is 0 Å². The number of likely N-dealkylation sites (N-methyl/N-ethyl adjacent to an activating group) is 1. The summed E-state index contributed by atoms with van der Waals surface area (Å²) >= 11 is 0. The van der Waals surface area contributed by atoms with E-state index in [1.807, 2.05) is 6.07 Å². The fraction of sp³-hybridized carbons (Fsp3) is 0.261. The smallest absolute Gasteiger partial charge is 0.267 e. The Morgan fingerprint density at radius 3 is 3.04 bits per heavy atom. The van der Waals surface area contributed by atoms with Crippen molar-refractivity contribution in [3.05, 3.63) is 77.0 Å². The molecule has 3 N–H and O–H groups in total. The molecule has 144 valence electrons. The Morgan fingerprint density at radius 2 is 2.18 bits per heavy atom. The number of amides is 1. The van der Waals surface area contributed by atoms with E-state index < -0.39 is 5.91 Å². The lowest BCUT2D eigenvalue weighted by molar-refractivity contribution is -0.124. The summed E-state index contributed by atoms with van der Waals surface area (Å²) in [5.74, 6) is -0.518. The van der Waals surface area contributed by atoms with Crippen LogP contribution in [0, 0.1) is 0 Å². The van der Waals surface area contributed by atoms with E-state index in [2.05, 4.69) is 59.5 Å². The van der Waals surface area contributed by atoms with Crippen LogP contribution in [0.4, 0.5) is 0 Å². The summed E-state index contributed by atoms with van der Waals surface area (Å²) in [6.07, 6.45) is 8.36. The maximum atomic E-state index is 11.2. The predicted molar refractivity (Wildman–Crippen MR) is 111 cm³/mol. The van der Waals surface area contributed by atoms with Crippen LogP contribution in [0.25, 0.3) is 17.0 Å². The minimum absolute atomic E-state index is 0.430. The van der Waals surface area contributed by atoms with Gasteiger partial charge in [0.2, 0.25) is 0 Å². The molecule has 0 saturated carbocycles. The molecule has 1 aliphatic carbocycles. The second kappa shape index (κ2) is 8.00. The molecule has 0 radical (unpaired) electrons. The van der Waals surface area contributed by atoms with E-state index >= 15 is 0 Å². The summed E-state index contributed by atoms with van der Waals surface area (Å²) in [6, 6.07) is 15.2. The molecule has 1 amide bonds. The van der Waals surface area contributed by atoms with Crippen LogP contribution in [-0.4, -0.2) is 34.6 Å². The molecule has 0 bridgehead atoms. The Balaban J connectivity index is 1.43. The quantitative estimate of drug-likeness (QED) is 0.348. The minimum atomic E-state index is -0.518. The van der Waals surface area contributed by atoms with E-state index in [0.717, 1.165) is 31.4 Å². The van der Waals surface area contributed by atoms with Crippen molar-refractivity contribution in [3.63, 3.8) is 0 Å². The van der Waals surface area contributed by atoms with Crippen LogP contribution in [0.1, 0.15) is 34.7 Å². The van der Waals surface area contributed by atoms with Gasteiger partial charge in [-0.05, 0) is 60.7 Å². The lowest BCUT2D eigenvalue weighted by Gasteiger charge is -2.25. The lowest BCUT2D eigenvalue weighted by atomic mass is 10.0. The van der Waals surface area contributed by atoms with Crippen LogP contribution in [0.3, 0.4) is 0 Å². The summed E-state index contributed by atoms with van der Waals surface area (Å²) in [4.78, 5) is 17.0. The number of aryl methyl sites for hydroxylation is 1. The highest BCUT2D eigenvalue weighted by molar-refractivity contribution is 5.90. The van der Waals surface area contributed by atoms with Crippen molar-refractivity contribution >= 4 is 22.9 Å². The number of para-hydroxylation sites is 1. The topological polar surface area (TPSA) is 68.4 Å². The first-order chi connectivity index (χ1) is 13.7. The first kappa shape index (κ1) is 18.5. The number of rotatable bonds is 6. The zero-order valence-corrected chi connectivity index (χ0v) is 16.0. The van der Waals surface area contributed by atoms with E-state index in [4.69, 9.17) is 5.21 Å². The molecule has 28 heavy (non-hydrogen) atoms. The summed E-state index contributed by atoms with van der Waals surface area (Å²) in [7, 11) is 2.20. The molecule has 2 aromatic carbocycles. The number of aromatic nitrogens is 1. The highest BCUT2D eigenvalue weighted by atomic mass is 16.5. The first-order valence-electron chi connectivity index (χ1n) is 9.66. The number of fused-ring (bicyclic) bond motifs is 2. The number of aromatic amines is 1. The van der Waals surface area contributed by atoms with Crippen molar-refractivity contribution in [2.75, 3.05) is 13.6 Å². The number of benzene rings is 2. The van der Waals surface area contributed by atoms with Gasteiger partial charge in [0.15, 0.2) is 0 Å². The first-order valence-corrected chi connectivity index (χ1v) is 9.66. The zero-order chi connectivity index (χ0) is 19.5. The van der Waals surface area contributed by atoms with Crippen LogP contribution in [-0.2, 0) is 17.6 Å². The van der Waals surface area contributed by atoms with E-state index in [-0.39, 0.29) is 0 Å². The molecule has 0 aliphatic heterocycles. The SMILES string of the molecule is CN(CCc1c[nH]c2ccccc12)C1CCc2cc(C=CC(=O)NO)ccc21. The number of carbonyl (C=O) groups is 1. The number of nitrogens with one attached hydrogen (secondary N) is 2. The van der Waals surface area contributed by atoms with Gasteiger partial charge in [-0.2, -0.15) is 0 Å². The molecular weight excluding hydrogens is 350 g/mol. The van der Waals surface area contributed by atoms with Crippen molar-refractivity contribution in [2.45, 2.75) is 25.3 Å². The standard InChI is InChI=1S/C23H25N3O2/c1-26(13-12-18-15-24-21-5-3-2-4-19(18)21)22-10-8-17-14-16(6-9-20(17)22)7-11-23(27)25-28/h2-7,9,11,14-15,22,24,28H,8,10,12-13H2,1H3,(H,25,27). The summed E-state index contributed by atoms with van der Waals surface area (Å²) in [5, 5.41) is 9.89. The molecule has 0 saturated heterocycles. The minimum Gasteiger partial charge on any atom is -0.361 e.